The molecule has 2 aromatic heterocycles. The van der Waals surface area contributed by atoms with E-state index in [-0.39, 0.29) is 5.91 Å². The Labute approximate surface area is 214 Å². The van der Waals surface area contributed by atoms with Crippen LogP contribution in [0.3, 0.4) is 0 Å². The van der Waals surface area contributed by atoms with Crippen molar-refractivity contribution in [2.75, 3.05) is 5.32 Å². The average Bonchev–Trinajstić information content (AvgIpc) is 3.23. The molecule has 0 radical (unpaired) electrons. The molecule has 0 atom stereocenters. The molecule has 1 amide bonds. The number of rotatable bonds is 7. The van der Waals surface area contributed by atoms with Crippen LogP contribution in [0.2, 0.25) is 0 Å². The molecule has 184 valence electrons. The summed E-state index contributed by atoms with van der Waals surface area (Å²) in [7, 11) is 0. The number of amides is 1. The molecule has 0 saturated carbocycles. The van der Waals surface area contributed by atoms with Gasteiger partial charge in [-0.25, -0.2) is 9.97 Å². The van der Waals surface area contributed by atoms with Crippen molar-refractivity contribution in [3.8, 4) is 28.9 Å². The van der Waals surface area contributed by atoms with Gasteiger partial charge in [0.25, 0.3) is 5.91 Å². The van der Waals surface area contributed by atoms with Crippen molar-refractivity contribution < 1.29 is 14.3 Å². The van der Waals surface area contributed by atoms with Crippen molar-refractivity contribution >= 4 is 11.6 Å². The number of aromatic nitrogens is 4. The van der Waals surface area contributed by atoms with Crippen LogP contribution in [0.1, 0.15) is 27.6 Å². The highest BCUT2D eigenvalue weighted by Gasteiger charge is 2.14. The van der Waals surface area contributed by atoms with Crippen molar-refractivity contribution in [3.63, 3.8) is 0 Å². The van der Waals surface area contributed by atoms with E-state index in [0.717, 1.165) is 11.4 Å². The maximum Gasteiger partial charge on any atom is 0.259 e. The number of benzene rings is 3. The first-order valence-corrected chi connectivity index (χ1v) is 11.7. The van der Waals surface area contributed by atoms with Crippen molar-refractivity contribution in [2.45, 2.75) is 20.8 Å². The number of ether oxygens (including phenoxy) is 2. The molecule has 3 aromatic carbocycles. The highest BCUT2D eigenvalue weighted by molar-refractivity contribution is 6.06. The van der Waals surface area contributed by atoms with E-state index in [1.165, 1.54) is 0 Å². The predicted molar refractivity (Wildman–Crippen MR) is 141 cm³/mol. The fourth-order valence-corrected chi connectivity index (χ4v) is 3.71. The Hall–Kier alpha value is -4.98. The number of carbonyl (C=O) groups excluding carboxylic acids is 1. The summed E-state index contributed by atoms with van der Waals surface area (Å²) in [5.41, 5.74) is 2.99. The number of nitrogens with one attached hydrogen (secondary N) is 1. The zero-order valence-electron chi connectivity index (χ0n) is 20.7. The topological polar surface area (TPSA) is 91.2 Å². The lowest BCUT2D eigenvalue weighted by Gasteiger charge is -2.12. The van der Waals surface area contributed by atoms with Gasteiger partial charge in [0.2, 0.25) is 5.88 Å². The number of hydrogen-bond acceptors (Lipinski definition) is 6. The molecule has 8 nitrogen and oxygen atoms in total. The standard InChI is InChI=1S/C29H25N5O3/c1-19-20(2)34(18-30-19)27-17-28(32-21(3)31-27)37-24-15-13-22(14-16-24)33-29(35)25-11-7-8-12-26(25)36-23-9-5-4-6-10-23/h4-18H,1-3H3,(H,33,35). The molecular weight excluding hydrogens is 466 g/mol. The Morgan fingerprint density at radius 1 is 0.811 bits per heavy atom. The van der Waals surface area contributed by atoms with E-state index in [1.807, 2.05) is 61.7 Å². The van der Waals surface area contributed by atoms with Crippen molar-refractivity contribution in [1.82, 2.24) is 19.5 Å². The van der Waals surface area contributed by atoms with Crippen molar-refractivity contribution in [2.24, 2.45) is 0 Å². The third-order valence-corrected chi connectivity index (χ3v) is 5.74. The third-order valence-electron chi connectivity index (χ3n) is 5.74. The van der Waals surface area contributed by atoms with E-state index in [1.54, 1.807) is 54.9 Å². The van der Waals surface area contributed by atoms with E-state index in [9.17, 15) is 4.79 Å². The molecule has 5 rings (SSSR count). The fraction of sp³-hybridized carbons (Fsp3) is 0.103. The maximum atomic E-state index is 13.0. The zero-order chi connectivity index (χ0) is 25.8. The highest BCUT2D eigenvalue weighted by atomic mass is 16.5. The predicted octanol–water partition coefficient (Wildman–Crippen LogP) is 6.42. The molecular formula is C29H25N5O3. The first-order valence-electron chi connectivity index (χ1n) is 11.7. The van der Waals surface area contributed by atoms with Gasteiger partial charge >= 0.3 is 0 Å². The number of anilines is 1. The van der Waals surface area contributed by atoms with E-state index in [0.29, 0.717) is 46.0 Å². The summed E-state index contributed by atoms with van der Waals surface area (Å²) in [4.78, 5) is 26.2. The Kier molecular flexibility index (Phi) is 6.63. The molecule has 5 aromatic rings. The van der Waals surface area contributed by atoms with Crippen molar-refractivity contribution in [1.29, 1.82) is 0 Å². The third kappa shape index (κ3) is 5.48. The Bertz CT molecular complexity index is 1550. The van der Waals surface area contributed by atoms with Crippen LogP contribution in [-0.2, 0) is 0 Å². The normalized spacial score (nSPS) is 10.7. The molecule has 0 aliphatic rings. The van der Waals surface area contributed by atoms with Crippen LogP contribution >= 0.6 is 0 Å². The van der Waals surface area contributed by atoms with Gasteiger partial charge in [0.15, 0.2) is 0 Å². The molecule has 37 heavy (non-hydrogen) atoms. The SMILES string of the molecule is Cc1nc(Oc2ccc(NC(=O)c3ccccc3Oc3ccccc3)cc2)cc(-n2cnc(C)c2C)n1. The smallest absolute Gasteiger partial charge is 0.259 e. The molecule has 2 heterocycles. The highest BCUT2D eigenvalue weighted by Crippen LogP contribution is 2.27. The number of para-hydroxylation sites is 2. The minimum atomic E-state index is -0.276. The van der Waals surface area contributed by atoms with Gasteiger partial charge in [0, 0.05) is 17.4 Å². The van der Waals surface area contributed by atoms with Crippen LogP contribution in [0.25, 0.3) is 5.82 Å². The van der Waals surface area contributed by atoms with Gasteiger partial charge in [-0.15, -0.1) is 0 Å². The van der Waals surface area contributed by atoms with E-state index in [4.69, 9.17) is 9.47 Å². The number of hydrogen-bond donors (Lipinski definition) is 1. The van der Waals surface area contributed by atoms with Gasteiger partial charge in [0.05, 0.1) is 11.3 Å². The summed E-state index contributed by atoms with van der Waals surface area (Å²) >= 11 is 0. The van der Waals surface area contributed by atoms with Gasteiger partial charge in [-0.3, -0.25) is 9.36 Å². The quantitative estimate of drug-likeness (QED) is 0.282. The molecule has 0 fully saturated rings. The molecule has 0 aliphatic heterocycles. The summed E-state index contributed by atoms with van der Waals surface area (Å²) in [5.74, 6) is 3.11. The molecule has 0 aliphatic carbocycles. The van der Waals surface area contributed by atoms with Crippen LogP contribution in [0, 0.1) is 20.8 Å². The lowest BCUT2D eigenvalue weighted by Crippen LogP contribution is -2.12. The van der Waals surface area contributed by atoms with Gasteiger partial charge in [-0.05, 0) is 69.3 Å². The summed E-state index contributed by atoms with van der Waals surface area (Å²) in [6.45, 7) is 5.75. The molecule has 0 bridgehead atoms. The summed E-state index contributed by atoms with van der Waals surface area (Å²) in [5, 5.41) is 2.91. The van der Waals surface area contributed by atoms with Gasteiger partial charge in [-0.2, -0.15) is 4.98 Å². The number of nitrogens with zero attached hydrogens (tertiary/aromatic N) is 4. The Balaban J connectivity index is 1.29. The van der Waals surface area contributed by atoms with Gasteiger partial charge < -0.3 is 14.8 Å². The molecule has 0 unspecified atom stereocenters. The first kappa shape index (κ1) is 23.7. The minimum absolute atomic E-state index is 0.276. The van der Waals surface area contributed by atoms with E-state index >= 15 is 0 Å². The summed E-state index contributed by atoms with van der Waals surface area (Å²) in [6, 6.07) is 25.3. The molecule has 0 saturated heterocycles. The van der Waals surface area contributed by atoms with E-state index < -0.39 is 0 Å². The average molecular weight is 492 g/mol. The number of aryl methyl sites for hydroxylation is 2. The molecule has 8 heteroatoms. The van der Waals surface area contributed by atoms with Crippen LogP contribution in [0.15, 0.2) is 91.3 Å². The largest absolute Gasteiger partial charge is 0.457 e. The molecule has 0 spiro atoms. The second-order valence-corrected chi connectivity index (χ2v) is 8.39. The van der Waals surface area contributed by atoms with E-state index in [2.05, 4.69) is 20.3 Å². The second-order valence-electron chi connectivity index (χ2n) is 8.39. The van der Waals surface area contributed by atoms with Crippen LogP contribution in [0.4, 0.5) is 5.69 Å². The monoisotopic (exact) mass is 491 g/mol. The second kappa shape index (κ2) is 10.3. The Morgan fingerprint density at radius 2 is 1.51 bits per heavy atom. The zero-order valence-corrected chi connectivity index (χ0v) is 20.7. The van der Waals surface area contributed by atoms with Crippen LogP contribution in [0.5, 0.6) is 23.1 Å². The number of imidazole rings is 1. The van der Waals surface area contributed by atoms with Crippen molar-refractivity contribution in [3.05, 3.63) is 114 Å². The first-order chi connectivity index (χ1) is 18.0. The van der Waals surface area contributed by atoms with Crippen LogP contribution in [-0.4, -0.2) is 25.4 Å². The lowest BCUT2D eigenvalue weighted by atomic mass is 10.1. The maximum absolute atomic E-state index is 13.0. The fourth-order valence-electron chi connectivity index (χ4n) is 3.71. The summed E-state index contributed by atoms with van der Waals surface area (Å²) in [6.07, 6.45) is 1.73. The van der Waals surface area contributed by atoms with Gasteiger partial charge in [0.1, 0.15) is 35.2 Å². The number of carbonyl (C=O) groups is 1. The minimum Gasteiger partial charge on any atom is -0.457 e. The summed E-state index contributed by atoms with van der Waals surface area (Å²) < 4.78 is 13.8. The Morgan fingerprint density at radius 3 is 2.24 bits per heavy atom. The lowest BCUT2D eigenvalue weighted by molar-refractivity contribution is 0.102. The van der Waals surface area contributed by atoms with Crippen LogP contribution < -0.4 is 14.8 Å². The van der Waals surface area contributed by atoms with Gasteiger partial charge in [-0.1, -0.05) is 30.3 Å². The molecule has 1 N–H and O–H groups in total.